The SMILES string of the molecule is C[C@H]1CC(=O)N(C[C@H](O)CN(C)Cc2ccccc2)C1=O. The predicted molar refractivity (Wildman–Crippen MR) is 79.3 cm³/mol. The summed E-state index contributed by atoms with van der Waals surface area (Å²) >= 11 is 0. The van der Waals surface area contributed by atoms with Gasteiger partial charge in [-0.2, -0.15) is 0 Å². The maximum Gasteiger partial charge on any atom is 0.232 e. The van der Waals surface area contributed by atoms with Crippen molar-refractivity contribution in [3.8, 4) is 0 Å². The van der Waals surface area contributed by atoms with Crippen molar-refractivity contribution in [2.75, 3.05) is 20.1 Å². The number of amides is 2. The molecule has 1 aromatic rings. The number of hydrogen-bond acceptors (Lipinski definition) is 4. The predicted octanol–water partition coefficient (Wildman–Crippen LogP) is 0.874. The van der Waals surface area contributed by atoms with E-state index in [-0.39, 0.29) is 30.7 Å². The monoisotopic (exact) mass is 290 g/mol. The van der Waals surface area contributed by atoms with Crippen LogP contribution in [0.3, 0.4) is 0 Å². The summed E-state index contributed by atoms with van der Waals surface area (Å²) in [6.45, 7) is 2.96. The van der Waals surface area contributed by atoms with Gasteiger partial charge in [0, 0.05) is 25.4 Å². The summed E-state index contributed by atoms with van der Waals surface area (Å²) in [5, 5.41) is 10.1. The Morgan fingerprint density at radius 2 is 2.00 bits per heavy atom. The number of carbonyl (C=O) groups excluding carboxylic acids is 2. The lowest BCUT2D eigenvalue weighted by Gasteiger charge is -2.23. The van der Waals surface area contributed by atoms with Crippen LogP contribution >= 0.6 is 0 Å². The molecule has 1 N–H and O–H groups in total. The van der Waals surface area contributed by atoms with Gasteiger partial charge in [-0.25, -0.2) is 0 Å². The second-order valence-corrected chi connectivity index (χ2v) is 5.78. The summed E-state index contributed by atoms with van der Waals surface area (Å²) in [5.74, 6) is -0.617. The highest BCUT2D eigenvalue weighted by Gasteiger charge is 2.36. The molecule has 2 atom stereocenters. The highest BCUT2D eigenvalue weighted by Crippen LogP contribution is 2.19. The zero-order valence-electron chi connectivity index (χ0n) is 12.5. The summed E-state index contributed by atoms with van der Waals surface area (Å²) in [6, 6.07) is 9.96. The summed E-state index contributed by atoms with van der Waals surface area (Å²) < 4.78 is 0. The maximum atomic E-state index is 11.8. The first-order valence-corrected chi connectivity index (χ1v) is 7.22. The molecule has 0 spiro atoms. The van der Waals surface area contributed by atoms with Gasteiger partial charge in [0.05, 0.1) is 12.6 Å². The molecule has 21 heavy (non-hydrogen) atoms. The van der Waals surface area contributed by atoms with Crippen LogP contribution in [0.2, 0.25) is 0 Å². The Morgan fingerprint density at radius 1 is 1.33 bits per heavy atom. The minimum absolute atomic E-state index is 0.0845. The van der Waals surface area contributed by atoms with Crippen molar-refractivity contribution < 1.29 is 14.7 Å². The van der Waals surface area contributed by atoms with Gasteiger partial charge >= 0.3 is 0 Å². The molecule has 5 nitrogen and oxygen atoms in total. The van der Waals surface area contributed by atoms with Gasteiger partial charge in [-0.15, -0.1) is 0 Å². The number of carbonyl (C=O) groups is 2. The lowest BCUT2D eigenvalue weighted by Crippen LogP contribution is -2.41. The second kappa shape index (κ2) is 6.83. The Balaban J connectivity index is 1.83. The Morgan fingerprint density at radius 3 is 2.57 bits per heavy atom. The molecule has 0 radical (unpaired) electrons. The molecule has 0 saturated carbocycles. The van der Waals surface area contributed by atoms with Crippen LogP contribution in [0.25, 0.3) is 0 Å². The van der Waals surface area contributed by atoms with Crippen molar-refractivity contribution in [1.29, 1.82) is 0 Å². The van der Waals surface area contributed by atoms with E-state index in [4.69, 9.17) is 0 Å². The zero-order chi connectivity index (χ0) is 15.4. The van der Waals surface area contributed by atoms with E-state index in [1.807, 2.05) is 42.3 Å². The van der Waals surface area contributed by atoms with Crippen molar-refractivity contribution in [3.05, 3.63) is 35.9 Å². The van der Waals surface area contributed by atoms with Crippen molar-refractivity contribution >= 4 is 11.8 Å². The van der Waals surface area contributed by atoms with E-state index in [0.29, 0.717) is 6.54 Å². The molecule has 1 aromatic carbocycles. The number of likely N-dealkylation sites (N-methyl/N-ethyl adjacent to an activating group) is 1. The summed E-state index contributed by atoms with van der Waals surface area (Å²) in [6.07, 6.45) is -0.470. The molecule has 0 aliphatic carbocycles. The van der Waals surface area contributed by atoms with Crippen LogP contribution < -0.4 is 0 Å². The first kappa shape index (κ1) is 15.7. The van der Waals surface area contributed by atoms with E-state index in [2.05, 4.69) is 0 Å². The highest BCUT2D eigenvalue weighted by molar-refractivity contribution is 6.03. The lowest BCUT2D eigenvalue weighted by atomic mass is 10.1. The van der Waals surface area contributed by atoms with Crippen molar-refractivity contribution in [2.24, 2.45) is 5.92 Å². The molecule has 0 aromatic heterocycles. The smallest absolute Gasteiger partial charge is 0.232 e. The first-order valence-electron chi connectivity index (χ1n) is 7.22. The number of imide groups is 1. The second-order valence-electron chi connectivity index (χ2n) is 5.78. The van der Waals surface area contributed by atoms with Gasteiger partial charge in [-0.05, 0) is 12.6 Å². The molecule has 0 bridgehead atoms. The van der Waals surface area contributed by atoms with Crippen LogP contribution in [0.4, 0.5) is 0 Å². The Bertz CT molecular complexity index is 504. The van der Waals surface area contributed by atoms with E-state index in [0.717, 1.165) is 12.1 Å². The number of benzene rings is 1. The van der Waals surface area contributed by atoms with E-state index < -0.39 is 6.10 Å². The molecule has 1 heterocycles. The standard InChI is InChI=1S/C16H22N2O3/c1-12-8-15(20)18(16(12)21)11-14(19)10-17(2)9-13-6-4-3-5-7-13/h3-7,12,14,19H,8-11H2,1-2H3/t12-,14+/m0/s1. The average Bonchev–Trinajstić information content (AvgIpc) is 2.66. The fourth-order valence-corrected chi connectivity index (χ4v) is 2.63. The van der Waals surface area contributed by atoms with Gasteiger partial charge in [0.25, 0.3) is 0 Å². The molecular formula is C16H22N2O3. The lowest BCUT2D eigenvalue weighted by molar-refractivity contribution is -0.141. The minimum atomic E-state index is -0.725. The van der Waals surface area contributed by atoms with Gasteiger partial charge in [-0.1, -0.05) is 37.3 Å². The fraction of sp³-hybridized carbons (Fsp3) is 0.500. The molecule has 114 valence electrons. The normalized spacial score (nSPS) is 20.4. The number of likely N-dealkylation sites (tertiary alicyclic amines) is 1. The van der Waals surface area contributed by atoms with Crippen LogP contribution in [-0.4, -0.2) is 53.0 Å². The number of aliphatic hydroxyl groups is 1. The van der Waals surface area contributed by atoms with Gasteiger partial charge in [0.1, 0.15) is 0 Å². The Kier molecular flexibility index (Phi) is 5.09. The van der Waals surface area contributed by atoms with Crippen LogP contribution in [0, 0.1) is 5.92 Å². The van der Waals surface area contributed by atoms with Crippen LogP contribution in [0.1, 0.15) is 18.9 Å². The van der Waals surface area contributed by atoms with Crippen LogP contribution in [0.15, 0.2) is 30.3 Å². The Hall–Kier alpha value is -1.72. The fourth-order valence-electron chi connectivity index (χ4n) is 2.63. The zero-order valence-corrected chi connectivity index (χ0v) is 12.5. The molecular weight excluding hydrogens is 268 g/mol. The van der Waals surface area contributed by atoms with E-state index >= 15 is 0 Å². The number of rotatable bonds is 6. The van der Waals surface area contributed by atoms with Crippen molar-refractivity contribution in [3.63, 3.8) is 0 Å². The van der Waals surface area contributed by atoms with E-state index in [9.17, 15) is 14.7 Å². The Labute approximate surface area is 125 Å². The number of aliphatic hydroxyl groups excluding tert-OH is 1. The number of β-amino-alcohol motifs (C(OH)–C–C–N with tert-alkyl or cyclic N) is 1. The summed E-state index contributed by atoms with van der Waals surface area (Å²) in [5.41, 5.74) is 1.16. The molecule has 0 unspecified atom stereocenters. The summed E-state index contributed by atoms with van der Waals surface area (Å²) in [7, 11) is 1.91. The molecule has 5 heteroatoms. The third-order valence-electron chi connectivity index (χ3n) is 3.68. The van der Waals surface area contributed by atoms with Crippen molar-refractivity contribution in [1.82, 2.24) is 9.80 Å². The third-order valence-corrected chi connectivity index (χ3v) is 3.68. The van der Waals surface area contributed by atoms with Crippen LogP contribution in [-0.2, 0) is 16.1 Å². The van der Waals surface area contributed by atoms with Gasteiger partial charge in [0.15, 0.2) is 0 Å². The molecule has 1 aliphatic heterocycles. The van der Waals surface area contributed by atoms with Gasteiger partial charge in [-0.3, -0.25) is 19.4 Å². The molecule has 1 saturated heterocycles. The van der Waals surface area contributed by atoms with Gasteiger partial charge < -0.3 is 5.11 Å². The largest absolute Gasteiger partial charge is 0.390 e. The number of hydrogen-bond donors (Lipinski definition) is 1. The highest BCUT2D eigenvalue weighted by atomic mass is 16.3. The molecule has 2 amide bonds. The van der Waals surface area contributed by atoms with E-state index in [1.165, 1.54) is 4.90 Å². The minimum Gasteiger partial charge on any atom is -0.390 e. The first-order chi connectivity index (χ1) is 9.97. The average molecular weight is 290 g/mol. The summed E-state index contributed by atoms with van der Waals surface area (Å²) in [4.78, 5) is 26.7. The van der Waals surface area contributed by atoms with Gasteiger partial charge in [0.2, 0.25) is 11.8 Å². The maximum absolute atomic E-state index is 11.8. The number of nitrogens with zero attached hydrogens (tertiary/aromatic N) is 2. The van der Waals surface area contributed by atoms with E-state index in [1.54, 1.807) is 6.92 Å². The van der Waals surface area contributed by atoms with Crippen LogP contribution in [0.5, 0.6) is 0 Å². The van der Waals surface area contributed by atoms with Crippen molar-refractivity contribution in [2.45, 2.75) is 26.0 Å². The topological polar surface area (TPSA) is 60.9 Å². The molecule has 2 rings (SSSR count). The third kappa shape index (κ3) is 4.12. The molecule has 1 fully saturated rings. The molecule has 1 aliphatic rings. The quantitative estimate of drug-likeness (QED) is 0.790.